The van der Waals surface area contributed by atoms with Crippen LogP contribution in [-0.4, -0.2) is 44.3 Å². The average Bonchev–Trinajstić information content (AvgIpc) is 2.94. The van der Waals surface area contributed by atoms with E-state index in [1.54, 1.807) is 49.4 Å². The molecule has 0 aliphatic carbocycles. The van der Waals surface area contributed by atoms with E-state index in [0.29, 0.717) is 22.2 Å². The minimum Gasteiger partial charge on any atom is -0.354 e. The predicted octanol–water partition coefficient (Wildman–Crippen LogP) is 6.36. The van der Waals surface area contributed by atoms with Gasteiger partial charge in [0.15, 0.2) is 0 Å². The molecule has 1 unspecified atom stereocenters. The largest absolute Gasteiger partial charge is 0.354 e. The lowest BCUT2D eigenvalue weighted by Gasteiger charge is -2.33. The maximum absolute atomic E-state index is 14.1. The lowest BCUT2D eigenvalue weighted by Crippen LogP contribution is -2.52. The Hall–Kier alpha value is -3.14. The van der Waals surface area contributed by atoms with Crippen LogP contribution in [0.1, 0.15) is 44.2 Å². The van der Waals surface area contributed by atoms with Crippen molar-refractivity contribution in [3.8, 4) is 0 Å². The normalized spacial score (nSPS) is 12.0. The Balaban J connectivity index is 2.07. The van der Waals surface area contributed by atoms with Gasteiger partial charge in [0, 0.05) is 28.7 Å². The average molecular weight is 623 g/mol. The van der Waals surface area contributed by atoms with E-state index in [2.05, 4.69) is 5.32 Å². The molecule has 0 aliphatic heterocycles. The summed E-state index contributed by atoms with van der Waals surface area (Å²) in [6.45, 7) is 5.32. The highest BCUT2D eigenvalue weighted by Gasteiger charge is 2.34. The molecule has 41 heavy (non-hydrogen) atoms. The highest BCUT2D eigenvalue weighted by molar-refractivity contribution is 7.92. The van der Waals surface area contributed by atoms with Crippen LogP contribution in [0.5, 0.6) is 0 Å². The van der Waals surface area contributed by atoms with Crippen LogP contribution < -0.4 is 9.62 Å². The molecule has 3 aromatic carbocycles. The van der Waals surface area contributed by atoms with Crippen LogP contribution in [0.25, 0.3) is 0 Å². The molecule has 0 aliphatic rings. The number of rotatable bonds is 13. The van der Waals surface area contributed by atoms with Gasteiger partial charge in [0.2, 0.25) is 11.8 Å². The first-order valence-corrected chi connectivity index (χ1v) is 15.5. The monoisotopic (exact) mass is 621 g/mol. The van der Waals surface area contributed by atoms with Gasteiger partial charge in [-0.3, -0.25) is 13.9 Å². The second kappa shape index (κ2) is 14.7. The molecule has 0 aromatic heterocycles. The van der Waals surface area contributed by atoms with Crippen LogP contribution in [0.2, 0.25) is 10.0 Å². The molecule has 0 fully saturated rings. The highest BCUT2D eigenvalue weighted by atomic mass is 35.5. The SMILES string of the molecule is CCCCNC(=O)C(CC)N(Cc1c(Cl)cccc1Cl)C(=O)CN(c1ccc(C)cc1)S(=O)(=O)c1ccc(F)cc1. The lowest BCUT2D eigenvalue weighted by atomic mass is 10.1. The van der Waals surface area contributed by atoms with Gasteiger partial charge >= 0.3 is 0 Å². The molecule has 0 saturated heterocycles. The fourth-order valence-corrected chi connectivity index (χ4v) is 6.18. The number of amides is 2. The van der Waals surface area contributed by atoms with Crippen LogP contribution in [0.15, 0.2) is 71.6 Å². The van der Waals surface area contributed by atoms with E-state index >= 15 is 0 Å². The van der Waals surface area contributed by atoms with E-state index in [0.717, 1.165) is 47.0 Å². The number of nitrogens with zero attached hydrogens (tertiary/aromatic N) is 2. The van der Waals surface area contributed by atoms with E-state index in [-0.39, 0.29) is 29.5 Å². The molecule has 11 heteroatoms. The minimum absolute atomic E-state index is 0.116. The van der Waals surface area contributed by atoms with Gasteiger partial charge in [0.1, 0.15) is 18.4 Å². The summed E-state index contributed by atoms with van der Waals surface area (Å²) >= 11 is 12.9. The number of halogens is 3. The maximum Gasteiger partial charge on any atom is 0.264 e. The fraction of sp³-hybridized carbons (Fsp3) is 0.333. The zero-order chi connectivity index (χ0) is 30.2. The van der Waals surface area contributed by atoms with Crippen molar-refractivity contribution in [2.24, 2.45) is 0 Å². The Morgan fingerprint density at radius 2 is 1.56 bits per heavy atom. The number of nitrogens with one attached hydrogen (secondary N) is 1. The van der Waals surface area contributed by atoms with Gasteiger partial charge in [-0.1, -0.05) is 67.2 Å². The quantitative estimate of drug-likeness (QED) is 0.225. The molecular formula is C30H34Cl2FN3O4S. The highest BCUT2D eigenvalue weighted by Crippen LogP contribution is 2.29. The first kappa shape index (κ1) is 32.4. The summed E-state index contributed by atoms with van der Waals surface area (Å²) in [5.74, 6) is -1.59. The summed E-state index contributed by atoms with van der Waals surface area (Å²) in [4.78, 5) is 28.5. The summed E-state index contributed by atoms with van der Waals surface area (Å²) in [6, 6.07) is 15.0. The van der Waals surface area contributed by atoms with Gasteiger partial charge < -0.3 is 10.2 Å². The van der Waals surface area contributed by atoms with Crippen molar-refractivity contribution in [3.63, 3.8) is 0 Å². The van der Waals surface area contributed by atoms with Crippen LogP contribution in [0.4, 0.5) is 10.1 Å². The van der Waals surface area contributed by atoms with Gasteiger partial charge in [-0.2, -0.15) is 0 Å². The molecule has 1 atom stereocenters. The van der Waals surface area contributed by atoms with Gasteiger partial charge in [-0.05, 0) is 68.3 Å². The molecule has 7 nitrogen and oxygen atoms in total. The van der Waals surface area contributed by atoms with E-state index in [4.69, 9.17) is 23.2 Å². The molecule has 1 N–H and O–H groups in total. The maximum atomic E-state index is 14.1. The van der Waals surface area contributed by atoms with Gasteiger partial charge in [-0.15, -0.1) is 0 Å². The third kappa shape index (κ3) is 8.21. The van der Waals surface area contributed by atoms with E-state index in [1.165, 1.54) is 4.90 Å². The molecule has 0 radical (unpaired) electrons. The molecule has 0 saturated carbocycles. The number of carbonyl (C=O) groups excluding carboxylic acids is 2. The molecule has 0 bridgehead atoms. The number of benzene rings is 3. The number of unbranched alkanes of at least 4 members (excludes halogenated alkanes) is 1. The second-order valence-corrected chi connectivity index (χ2v) is 12.3. The summed E-state index contributed by atoms with van der Waals surface area (Å²) in [5, 5.41) is 3.49. The Kier molecular flexibility index (Phi) is 11.6. The van der Waals surface area contributed by atoms with Crippen molar-refractivity contribution >= 4 is 50.7 Å². The van der Waals surface area contributed by atoms with Gasteiger partial charge in [0.25, 0.3) is 10.0 Å². The number of sulfonamides is 1. The number of anilines is 1. The van der Waals surface area contributed by atoms with Crippen LogP contribution in [0, 0.1) is 12.7 Å². The molecule has 220 valence electrons. The number of hydrogen-bond acceptors (Lipinski definition) is 4. The van der Waals surface area contributed by atoms with Crippen molar-refractivity contribution < 1.29 is 22.4 Å². The number of hydrogen-bond donors (Lipinski definition) is 1. The molecule has 0 heterocycles. The van der Waals surface area contributed by atoms with Crippen LogP contribution in [-0.2, 0) is 26.2 Å². The molecule has 0 spiro atoms. The standard InChI is InChI=1S/C30H34Cl2FN3O4S/c1-4-6-18-34-30(38)28(5-2)35(19-25-26(31)8-7-9-27(25)32)29(37)20-36(23-14-10-21(3)11-15-23)41(39,40)24-16-12-22(33)13-17-24/h7-17,28H,4-6,18-20H2,1-3H3,(H,34,38). The minimum atomic E-state index is -4.31. The van der Waals surface area contributed by atoms with Crippen molar-refractivity contribution in [3.05, 3.63) is 93.7 Å². The predicted molar refractivity (Wildman–Crippen MR) is 161 cm³/mol. The zero-order valence-corrected chi connectivity index (χ0v) is 25.6. The zero-order valence-electron chi connectivity index (χ0n) is 23.2. The first-order valence-electron chi connectivity index (χ1n) is 13.3. The van der Waals surface area contributed by atoms with E-state index in [9.17, 15) is 22.4 Å². The summed E-state index contributed by atoms with van der Waals surface area (Å²) in [5.41, 5.74) is 1.57. The van der Waals surface area contributed by atoms with Crippen molar-refractivity contribution in [1.29, 1.82) is 0 Å². The molecule has 3 rings (SSSR count). The topological polar surface area (TPSA) is 86.8 Å². The summed E-state index contributed by atoms with van der Waals surface area (Å²) in [7, 11) is -4.31. The van der Waals surface area contributed by atoms with Crippen LogP contribution >= 0.6 is 23.2 Å². The van der Waals surface area contributed by atoms with Gasteiger partial charge in [0.05, 0.1) is 10.6 Å². The molecule has 3 aromatic rings. The third-order valence-corrected chi connectivity index (χ3v) is 9.10. The summed E-state index contributed by atoms with van der Waals surface area (Å²) < 4.78 is 42.2. The smallest absolute Gasteiger partial charge is 0.264 e. The van der Waals surface area contributed by atoms with Crippen molar-refractivity contribution in [2.45, 2.75) is 57.5 Å². The lowest BCUT2D eigenvalue weighted by molar-refractivity contribution is -0.140. The van der Waals surface area contributed by atoms with E-state index in [1.807, 2.05) is 13.8 Å². The second-order valence-electron chi connectivity index (χ2n) is 9.59. The Morgan fingerprint density at radius 3 is 2.12 bits per heavy atom. The Morgan fingerprint density at radius 1 is 0.951 bits per heavy atom. The first-order chi connectivity index (χ1) is 19.5. The Labute approximate surface area is 251 Å². The molecule has 2 amide bonds. The van der Waals surface area contributed by atoms with Crippen molar-refractivity contribution in [1.82, 2.24) is 10.2 Å². The van der Waals surface area contributed by atoms with Crippen molar-refractivity contribution in [2.75, 3.05) is 17.4 Å². The van der Waals surface area contributed by atoms with Crippen LogP contribution in [0.3, 0.4) is 0 Å². The number of aryl methyl sites for hydroxylation is 1. The third-order valence-electron chi connectivity index (χ3n) is 6.61. The van der Waals surface area contributed by atoms with E-state index < -0.39 is 34.3 Å². The number of carbonyl (C=O) groups is 2. The fourth-order valence-electron chi connectivity index (χ4n) is 4.25. The van der Waals surface area contributed by atoms with Gasteiger partial charge in [-0.25, -0.2) is 12.8 Å². The Bertz CT molecular complexity index is 1430. The molecular weight excluding hydrogens is 588 g/mol. The summed E-state index contributed by atoms with van der Waals surface area (Å²) in [6.07, 6.45) is 1.91.